The molecule has 2 aliphatic heterocycles. The van der Waals surface area contributed by atoms with Crippen LogP contribution in [0.4, 0.5) is 15.8 Å². The molecule has 0 spiro atoms. The Kier molecular flexibility index (Phi) is 13.0. The van der Waals surface area contributed by atoms with Gasteiger partial charge in [0.1, 0.15) is 17.2 Å². The van der Waals surface area contributed by atoms with Gasteiger partial charge in [0.05, 0.1) is 23.3 Å². The molecule has 308 valence electrons. The summed E-state index contributed by atoms with van der Waals surface area (Å²) in [6.45, 7) is 24.7. The molecule has 2 unspecified atom stereocenters. The number of aromatic amines is 1. The number of nitrogens with one attached hydrogen (secondary N) is 3. The zero-order chi connectivity index (χ0) is 42.5. The van der Waals surface area contributed by atoms with Crippen LogP contribution in [0.3, 0.4) is 0 Å². The van der Waals surface area contributed by atoms with E-state index in [4.69, 9.17) is 9.98 Å². The molecule has 0 bridgehead atoms. The summed E-state index contributed by atoms with van der Waals surface area (Å²) in [5.41, 5.74) is 16.7. The lowest BCUT2D eigenvalue weighted by atomic mass is 9.84. The molecule has 1 aromatic carbocycles. The molecule has 2 atom stereocenters. The van der Waals surface area contributed by atoms with Gasteiger partial charge in [-0.05, 0) is 89.4 Å². The highest BCUT2D eigenvalue weighted by Gasteiger charge is 2.31. The second-order valence-corrected chi connectivity index (χ2v) is 15.5. The molecule has 0 amide bonds. The molecule has 1 aliphatic carbocycles. The number of benzene rings is 1. The molecule has 3 N–H and O–H groups in total. The van der Waals surface area contributed by atoms with Crippen molar-refractivity contribution in [1.29, 1.82) is 0 Å². The molecule has 6 heterocycles. The minimum atomic E-state index is -0.250. The third kappa shape index (κ3) is 8.24. The standard InChI is InChI=1S/C25H26FN3.C23H25N5.C2H6.2H2/c1-6-16(12-27-5)18-10-20-19(7-8-23(20)28-13-18)17-9-21-24(14(2)3)15(4)29-25(21)22(26)11-17;1-6-15(9-24-5)16-7-17-19(11-27-23(17)26-10-16)20-8-18-21(12-25-20)28-14(4)22(18)13(2)3;1-2;;/h6-7,9-14,24,27H,1,8H2,2-5H3;6-13,22,24H,1H2,2-5H3,(H,26,27);1-2H3;2*1H/b16-12+;15-9+;;;. The van der Waals surface area contributed by atoms with Crippen molar-refractivity contribution in [3.63, 3.8) is 0 Å². The van der Waals surface area contributed by atoms with Gasteiger partial charge in [-0.25, -0.2) is 9.37 Å². The topological polar surface area (TPSA) is 103 Å². The van der Waals surface area contributed by atoms with Crippen LogP contribution in [0.15, 0.2) is 109 Å². The fourth-order valence-corrected chi connectivity index (χ4v) is 8.56. The van der Waals surface area contributed by atoms with Crippen LogP contribution in [0.5, 0.6) is 0 Å². The van der Waals surface area contributed by atoms with Gasteiger partial charge in [0.15, 0.2) is 0 Å². The van der Waals surface area contributed by atoms with Gasteiger partial charge in [-0.15, -0.1) is 0 Å². The molecule has 0 saturated carbocycles. The summed E-state index contributed by atoms with van der Waals surface area (Å²) >= 11 is 0. The Morgan fingerprint density at radius 1 is 0.797 bits per heavy atom. The molecule has 4 aromatic heterocycles. The fourth-order valence-electron chi connectivity index (χ4n) is 8.56. The summed E-state index contributed by atoms with van der Waals surface area (Å²) in [6, 6.07) is 10.2. The zero-order valence-corrected chi connectivity index (χ0v) is 36.1. The first-order valence-corrected chi connectivity index (χ1v) is 20.6. The van der Waals surface area contributed by atoms with E-state index in [-0.39, 0.29) is 14.6 Å². The van der Waals surface area contributed by atoms with Gasteiger partial charge < -0.3 is 15.6 Å². The van der Waals surface area contributed by atoms with Crippen LogP contribution in [0.1, 0.15) is 109 Å². The number of halogens is 1. The van der Waals surface area contributed by atoms with Crippen molar-refractivity contribution in [3.8, 4) is 11.3 Å². The number of fused-ring (bicyclic) bond motifs is 4. The van der Waals surface area contributed by atoms with Crippen molar-refractivity contribution in [2.75, 3.05) is 14.1 Å². The third-order valence-electron chi connectivity index (χ3n) is 11.1. The van der Waals surface area contributed by atoms with Crippen LogP contribution in [-0.2, 0) is 6.42 Å². The molecule has 3 aliphatic rings. The SMILES string of the molecule is C=C/C(=C\NC)c1cnc2[nH]cc(-c3cc4c(cn3)N=C(C)C4C(C)C)c2c1.C=C/C(=C\NC)c1cnc2c(c1)C(c1cc(F)c3c(c1)C(C(C)C)C(C)=N3)=CC2.CC.[HH].[HH]. The van der Waals surface area contributed by atoms with Crippen LogP contribution in [-0.4, -0.2) is 45.5 Å². The Balaban J connectivity index is 0.000000250. The van der Waals surface area contributed by atoms with E-state index < -0.39 is 0 Å². The van der Waals surface area contributed by atoms with E-state index in [1.807, 2.05) is 78.1 Å². The molecule has 8 nitrogen and oxygen atoms in total. The summed E-state index contributed by atoms with van der Waals surface area (Å²) in [7, 11) is 3.74. The van der Waals surface area contributed by atoms with Gasteiger partial charge in [0, 0.05) is 105 Å². The van der Waals surface area contributed by atoms with E-state index in [1.165, 1.54) is 11.3 Å². The predicted octanol–water partition coefficient (Wildman–Crippen LogP) is 12.5. The lowest BCUT2D eigenvalue weighted by molar-refractivity contribution is 0.601. The van der Waals surface area contributed by atoms with Crippen molar-refractivity contribution >= 4 is 50.6 Å². The lowest BCUT2D eigenvalue weighted by Crippen LogP contribution is -2.11. The number of H-pyrrole nitrogens is 1. The van der Waals surface area contributed by atoms with Crippen molar-refractivity contribution in [3.05, 3.63) is 144 Å². The number of aromatic nitrogens is 4. The molecule has 59 heavy (non-hydrogen) atoms. The van der Waals surface area contributed by atoms with Gasteiger partial charge in [0.2, 0.25) is 0 Å². The Labute approximate surface area is 352 Å². The summed E-state index contributed by atoms with van der Waals surface area (Å²) in [4.78, 5) is 26.4. The minimum absolute atomic E-state index is 0. The van der Waals surface area contributed by atoms with Crippen molar-refractivity contribution in [2.45, 2.75) is 73.6 Å². The molecule has 8 rings (SSSR count). The van der Waals surface area contributed by atoms with Gasteiger partial charge in [-0.1, -0.05) is 72.9 Å². The quantitative estimate of drug-likeness (QED) is 0.122. The van der Waals surface area contributed by atoms with Crippen LogP contribution >= 0.6 is 0 Å². The Hall–Kier alpha value is -6.22. The fraction of sp³-hybridized carbons (Fsp3) is 0.300. The van der Waals surface area contributed by atoms with Gasteiger partial charge >= 0.3 is 0 Å². The van der Waals surface area contributed by atoms with E-state index in [0.717, 1.165) is 90.3 Å². The van der Waals surface area contributed by atoms with Gasteiger partial charge in [-0.3, -0.25) is 20.0 Å². The highest BCUT2D eigenvalue weighted by atomic mass is 19.1. The number of aliphatic imine (C=N–C) groups is 2. The van der Waals surface area contributed by atoms with Crippen LogP contribution in [0.2, 0.25) is 0 Å². The molecule has 0 saturated heterocycles. The van der Waals surface area contributed by atoms with Crippen LogP contribution < -0.4 is 10.6 Å². The number of rotatable bonds is 10. The Morgan fingerprint density at radius 3 is 2.07 bits per heavy atom. The number of hydrogen-bond donors (Lipinski definition) is 3. The highest BCUT2D eigenvalue weighted by molar-refractivity contribution is 5.99. The summed E-state index contributed by atoms with van der Waals surface area (Å²) < 4.78 is 15.0. The maximum atomic E-state index is 15.0. The second-order valence-electron chi connectivity index (χ2n) is 15.5. The zero-order valence-electron chi connectivity index (χ0n) is 36.1. The van der Waals surface area contributed by atoms with Crippen molar-refractivity contribution < 1.29 is 7.24 Å². The molecule has 0 fully saturated rings. The first kappa shape index (κ1) is 42.4. The smallest absolute Gasteiger partial charge is 0.149 e. The number of pyridine rings is 3. The van der Waals surface area contributed by atoms with E-state index in [1.54, 1.807) is 12.1 Å². The van der Waals surface area contributed by atoms with Crippen molar-refractivity contribution in [2.24, 2.45) is 21.8 Å². The van der Waals surface area contributed by atoms with Gasteiger partial charge in [0.25, 0.3) is 0 Å². The van der Waals surface area contributed by atoms with E-state index in [2.05, 4.69) is 109 Å². The van der Waals surface area contributed by atoms with Crippen LogP contribution in [0.25, 0.3) is 39.0 Å². The van der Waals surface area contributed by atoms with E-state index in [9.17, 15) is 4.39 Å². The minimum Gasteiger partial charge on any atom is -0.393 e. The first-order chi connectivity index (χ1) is 28.5. The Morgan fingerprint density at radius 2 is 1.42 bits per heavy atom. The predicted molar refractivity (Wildman–Crippen MR) is 251 cm³/mol. The molecular formula is C50H61FN8. The first-order valence-electron chi connectivity index (χ1n) is 20.6. The van der Waals surface area contributed by atoms with Crippen molar-refractivity contribution in [1.82, 2.24) is 30.6 Å². The average Bonchev–Trinajstić information content (AvgIpc) is 4.01. The average molecular weight is 793 g/mol. The second kappa shape index (κ2) is 18.1. The largest absolute Gasteiger partial charge is 0.393 e. The lowest BCUT2D eigenvalue weighted by Gasteiger charge is -2.18. The number of nitrogens with zero attached hydrogens (tertiary/aromatic N) is 5. The monoisotopic (exact) mass is 793 g/mol. The maximum absolute atomic E-state index is 15.0. The third-order valence-corrected chi connectivity index (χ3v) is 11.1. The van der Waals surface area contributed by atoms with Gasteiger partial charge in [-0.2, -0.15) is 0 Å². The highest BCUT2D eigenvalue weighted by Crippen LogP contribution is 2.45. The molecule has 5 aromatic rings. The maximum Gasteiger partial charge on any atom is 0.149 e. The Bertz CT molecular complexity index is 2580. The molecular weight excluding hydrogens is 732 g/mol. The normalized spacial score (nSPS) is 16.6. The molecule has 0 radical (unpaired) electrons. The van der Waals surface area contributed by atoms with E-state index >= 15 is 0 Å². The molecule has 9 heteroatoms. The number of hydrogen-bond acceptors (Lipinski definition) is 7. The summed E-state index contributed by atoms with van der Waals surface area (Å²) in [5, 5.41) is 7.15. The van der Waals surface area contributed by atoms with Crippen LogP contribution in [0, 0.1) is 17.7 Å². The summed E-state index contributed by atoms with van der Waals surface area (Å²) in [5.74, 6) is 1.13. The summed E-state index contributed by atoms with van der Waals surface area (Å²) in [6.07, 6.45) is 18.0. The van der Waals surface area contributed by atoms with E-state index in [0.29, 0.717) is 23.4 Å². The number of allylic oxidation sites excluding steroid dienone is 5.